The number of hydrogen-bond donors (Lipinski definition) is 0. The van der Waals surface area contributed by atoms with Gasteiger partial charge in [0.05, 0.1) is 11.3 Å². The van der Waals surface area contributed by atoms with Crippen LogP contribution < -0.4 is 0 Å². The number of nitrogens with zero attached hydrogens (tertiary/aromatic N) is 2. The van der Waals surface area contributed by atoms with Crippen LogP contribution in [0.2, 0.25) is 0 Å². The number of hydrogen-bond acceptors (Lipinski definition) is 3. The van der Waals surface area contributed by atoms with E-state index in [1.807, 2.05) is 42.5 Å². The molecule has 21 heavy (non-hydrogen) atoms. The molecule has 0 amide bonds. The minimum Gasteiger partial charge on any atom is -0.455 e. The van der Waals surface area contributed by atoms with E-state index >= 15 is 0 Å². The monoisotopic (exact) mass is 270 g/mol. The van der Waals surface area contributed by atoms with Crippen LogP contribution in [0.3, 0.4) is 0 Å². The lowest BCUT2D eigenvalue weighted by molar-refractivity contribution is 0.667. The summed E-state index contributed by atoms with van der Waals surface area (Å²) < 4.78 is 5.82. The van der Waals surface area contributed by atoms with E-state index in [0.717, 1.165) is 27.6 Å². The van der Waals surface area contributed by atoms with Gasteiger partial charge in [0.15, 0.2) is 5.58 Å². The molecule has 0 saturated heterocycles. The predicted octanol–water partition coefficient (Wildman–Crippen LogP) is 4.52. The van der Waals surface area contributed by atoms with Crippen molar-refractivity contribution in [2.45, 2.75) is 0 Å². The lowest BCUT2D eigenvalue weighted by Crippen LogP contribution is -1.81. The highest BCUT2D eigenvalue weighted by atomic mass is 16.3. The summed E-state index contributed by atoms with van der Waals surface area (Å²) in [5, 5.41) is 11.1. The minimum atomic E-state index is 0.558. The van der Waals surface area contributed by atoms with Crippen LogP contribution in [0.5, 0.6) is 0 Å². The average Bonchev–Trinajstić information content (AvgIpc) is 2.93. The van der Waals surface area contributed by atoms with Gasteiger partial charge in [-0.2, -0.15) is 5.26 Å². The first kappa shape index (κ1) is 11.7. The number of aromatic nitrogens is 1. The maximum Gasteiger partial charge on any atom is 0.153 e. The summed E-state index contributed by atoms with van der Waals surface area (Å²) in [5.74, 6) is 0. The third-order valence-electron chi connectivity index (χ3n) is 3.58. The van der Waals surface area contributed by atoms with Crippen molar-refractivity contribution in [3.05, 3.63) is 66.4 Å². The molecule has 3 nitrogen and oxygen atoms in total. The van der Waals surface area contributed by atoms with Crippen molar-refractivity contribution in [1.29, 1.82) is 5.26 Å². The summed E-state index contributed by atoms with van der Waals surface area (Å²) >= 11 is 0. The second-order valence-electron chi connectivity index (χ2n) is 4.82. The molecule has 0 N–H and O–H groups in total. The van der Waals surface area contributed by atoms with Crippen molar-refractivity contribution in [2.24, 2.45) is 0 Å². The lowest BCUT2D eigenvalue weighted by Gasteiger charge is -1.99. The molecule has 0 fully saturated rings. The Morgan fingerprint density at radius 3 is 2.71 bits per heavy atom. The van der Waals surface area contributed by atoms with Gasteiger partial charge in [-0.15, -0.1) is 0 Å². The quantitative estimate of drug-likeness (QED) is 0.511. The minimum absolute atomic E-state index is 0.558. The fourth-order valence-electron chi connectivity index (χ4n) is 2.58. The molecule has 3 heteroatoms. The molecule has 0 spiro atoms. The Morgan fingerprint density at radius 2 is 1.90 bits per heavy atom. The van der Waals surface area contributed by atoms with E-state index < -0.39 is 0 Å². The average molecular weight is 270 g/mol. The molecule has 0 atom stereocenters. The highest BCUT2D eigenvalue weighted by molar-refractivity contribution is 6.07. The Bertz CT molecular complexity index is 994. The third-order valence-corrected chi connectivity index (χ3v) is 3.58. The van der Waals surface area contributed by atoms with Crippen molar-refractivity contribution in [1.82, 2.24) is 4.98 Å². The molecular formula is C18H10N2O. The van der Waals surface area contributed by atoms with Crippen molar-refractivity contribution in [3.8, 4) is 17.3 Å². The molecular weight excluding hydrogens is 260 g/mol. The van der Waals surface area contributed by atoms with Gasteiger partial charge in [0.1, 0.15) is 11.7 Å². The maximum atomic E-state index is 9.17. The van der Waals surface area contributed by atoms with Crippen LogP contribution in [0.4, 0.5) is 0 Å². The van der Waals surface area contributed by atoms with Gasteiger partial charge in [0.2, 0.25) is 0 Å². The molecule has 4 aromatic rings. The zero-order valence-electron chi connectivity index (χ0n) is 11.1. The summed E-state index contributed by atoms with van der Waals surface area (Å²) in [6.07, 6.45) is 1.78. The zero-order valence-corrected chi connectivity index (χ0v) is 11.1. The summed E-state index contributed by atoms with van der Waals surface area (Å²) in [7, 11) is 0. The Kier molecular flexibility index (Phi) is 2.48. The van der Waals surface area contributed by atoms with Crippen molar-refractivity contribution in [3.63, 3.8) is 0 Å². The van der Waals surface area contributed by atoms with Crippen molar-refractivity contribution >= 4 is 21.9 Å². The normalized spacial score (nSPS) is 10.8. The van der Waals surface area contributed by atoms with Crippen LogP contribution in [0.1, 0.15) is 5.56 Å². The predicted molar refractivity (Wildman–Crippen MR) is 81.7 cm³/mol. The summed E-state index contributed by atoms with van der Waals surface area (Å²) in [5.41, 5.74) is 3.95. The second kappa shape index (κ2) is 4.46. The molecule has 2 aromatic carbocycles. The van der Waals surface area contributed by atoms with Gasteiger partial charge in [0, 0.05) is 22.5 Å². The second-order valence-corrected chi connectivity index (χ2v) is 4.82. The first-order valence-corrected chi connectivity index (χ1v) is 6.63. The number of fused-ring (bicyclic) bond motifs is 3. The van der Waals surface area contributed by atoms with Crippen LogP contribution in [-0.4, -0.2) is 4.98 Å². The summed E-state index contributed by atoms with van der Waals surface area (Å²) in [6.45, 7) is 0. The molecule has 2 aromatic heterocycles. The van der Waals surface area contributed by atoms with Crippen LogP contribution in [0, 0.1) is 11.3 Å². The number of pyridine rings is 1. The standard InChI is InChI=1S/C18H10N2O/c19-11-13-4-3-5-14-15-10-12(16-6-1-2-9-20-16)7-8-17(15)21-18(13)14/h1-10H. The molecule has 0 radical (unpaired) electrons. The van der Waals surface area contributed by atoms with E-state index in [4.69, 9.17) is 4.42 Å². The van der Waals surface area contributed by atoms with Crippen LogP contribution in [0.25, 0.3) is 33.2 Å². The van der Waals surface area contributed by atoms with Crippen LogP contribution >= 0.6 is 0 Å². The number of para-hydroxylation sites is 1. The van der Waals surface area contributed by atoms with E-state index in [1.165, 1.54) is 0 Å². The van der Waals surface area contributed by atoms with Gasteiger partial charge in [-0.25, -0.2) is 0 Å². The molecule has 0 saturated carbocycles. The Hall–Kier alpha value is -3.12. The number of furan rings is 1. The van der Waals surface area contributed by atoms with Gasteiger partial charge in [0.25, 0.3) is 0 Å². The molecule has 0 aliphatic heterocycles. The SMILES string of the molecule is N#Cc1cccc2c1oc1ccc(-c3ccccn3)cc12. The first-order chi connectivity index (χ1) is 10.4. The molecule has 0 unspecified atom stereocenters. The maximum absolute atomic E-state index is 9.17. The van der Waals surface area contributed by atoms with Gasteiger partial charge < -0.3 is 4.42 Å². The highest BCUT2D eigenvalue weighted by Crippen LogP contribution is 2.33. The van der Waals surface area contributed by atoms with Gasteiger partial charge >= 0.3 is 0 Å². The fourth-order valence-corrected chi connectivity index (χ4v) is 2.58. The van der Waals surface area contributed by atoms with Crippen molar-refractivity contribution in [2.75, 3.05) is 0 Å². The molecule has 2 heterocycles. The molecule has 0 aliphatic rings. The van der Waals surface area contributed by atoms with Gasteiger partial charge in [-0.3, -0.25) is 4.98 Å². The van der Waals surface area contributed by atoms with Gasteiger partial charge in [-0.1, -0.05) is 18.2 Å². The largest absolute Gasteiger partial charge is 0.455 e. The third kappa shape index (κ3) is 1.78. The topological polar surface area (TPSA) is 49.8 Å². The molecule has 0 aliphatic carbocycles. The molecule has 0 bridgehead atoms. The smallest absolute Gasteiger partial charge is 0.153 e. The molecule has 4 rings (SSSR count). The van der Waals surface area contributed by atoms with E-state index in [9.17, 15) is 5.26 Å². The Labute approximate surface area is 121 Å². The Morgan fingerprint density at radius 1 is 0.952 bits per heavy atom. The molecule has 98 valence electrons. The number of rotatable bonds is 1. The van der Waals surface area contributed by atoms with Gasteiger partial charge in [-0.05, 0) is 36.4 Å². The van der Waals surface area contributed by atoms with E-state index in [-0.39, 0.29) is 0 Å². The summed E-state index contributed by atoms with van der Waals surface area (Å²) in [4.78, 5) is 4.37. The van der Waals surface area contributed by atoms with E-state index in [1.54, 1.807) is 12.3 Å². The zero-order chi connectivity index (χ0) is 14.2. The Balaban J connectivity index is 2.04. The lowest BCUT2D eigenvalue weighted by atomic mass is 10.1. The fraction of sp³-hybridized carbons (Fsp3) is 0. The summed E-state index contributed by atoms with van der Waals surface area (Å²) in [6, 6.07) is 19.6. The number of benzene rings is 2. The highest BCUT2D eigenvalue weighted by Gasteiger charge is 2.11. The van der Waals surface area contributed by atoms with E-state index in [2.05, 4.69) is 17.1 Å². The van der Waals surface area contributed by atoms with E-state index in [0.29, 0.717) is 11.1 Å². The van der Waals surface area contributed by atoms with Crippen LogP contribution in [0.15, 0.2) is 65.2 Å². The van der Waals surface area contributed by atoms with Crippen LogP contribution in [-0.2, 0) is 0 Å². The van der Waals surface area contributed by atoms with Crippen molar-refractivity contribution < 1.29 is 4.42 Å². The first-order valence-electron chi connectivity index (χ1n) is 6.63. The number of nitriles is 1.